The van der Waals surface area contributed by atoms with Crippen LogP contribution in [0, 0.1) is 29.1 Å². The van der Waals surface area contributed by atoms with E-state index in [9.17, 15) is 0 Å². The van der Waals surface area contributed by atoms with E-state index in [0.29, 0.717) is 103 Å². The van der Waals surface area contributed by atoms with Crippen molar-refractivity contribution in [2.45, 2.75) is 93.3 Å². The molecule has 41 heavy (non-hydrogen) atoms. The Labute approximate surface area is 253 Å². The van der Waals surface area contributed by atoms with Gasteiger partial charge in [0, 0.05) is 14.2 Å². The monoisotopic (exact) mass is 592 g/mol. The molecule has 8 heteroatoms. The summed E-state index contributed by atoms with van der Waals surface area (Å²) >= 11 is 0. The zero-order valence-electron chi connectivity index (χ0n) is 28.5. The fourth-order valence-corrected chi connectivity index (χ4v) is 4.71. The van der Waals surface area contributed by atoms with Gasteiger partial charge in [-0.3, -0.25) is 0 Å². The summed E-state index contributed by atoms with van der Waals surface area (Å²) in [5.74, 6) is 2.25. The van der Waals surface area contributed by atoms with Crippen LogP contribution in [0.5, 0.6) is 0 Å². The van der Waals surface area contributed by atoms with Crippen LogP contribution in [-0.4, -0.2) is 106 Å². The van der Waals surface area contributed by atoms with Crippen LogP contribution in [0.4, 0.5) is 0 Å². The van der Waals surface area contributed by atoms with E-state index in [1.807, 2.05) is 0 Å². The highest BCUT2D eigenvalue weighted by atomic mass is 16.6. The predicted octanol–water partition coefficient (Wildman–Crippen LogP) is 6.29. The Bertz CT molecular complexity index is 487. The van der Waals surface area contributed by atoms with Gasteiger partial charge in [-0.25, -0.2) is 0 Å². The van der Waals surface area contributed by atoms with E-state index in [1.54, 1.807) is 14.2 Å². The Hall–Kier alpha value is -0.320. The van der Waals surface area contributed by atoms with Crippen molar-refractivity contribution in [2.24, 2.45) is 29.1 Å². The van der Waals surface area contributed by atoms with E-state index in [2.05, 4.69) is 55.4 Å². The summed E-state index contributed by atoms with van der Waals surface area (Å²) < 4.78 is 47.3. The molecule has 0 N–H and O–H groups in total. The second-order valence-electron chi connectivity index (χ2n) is 13.2. The molecule has 248 valence electrons. The molecule has 0 aliphatic carbocycles. The average molecular weight is 593 g/mol. The molecule has 0 unspecified atom stereocenters. The molecule has 0 saturated heterocycles. The summed E-state index contributed by atoms with van der Waals surface area (Å²) in [4.78, 5) is 0. The summed E-state index contributed by atoms with van der Waals surface area (Å²) in [6.07, 6.45) is 4.49. The zero-order chi connectivity index (χ0) is 30.9. The summed E-state index contributed by atoms with van der Waals surface area (Å²) in [5.41, 5.74) is -0.447. The molecule has 0 aliphatic rings. The lowest BCUT2D eigenvalue weighted by atomic mass is 9.90. The molecule has 0 spiro atoms. The minimum atomic E-state index is -0.447. The van der Waals surface area contributed by atoms with Gasteiger partial charge in [0.25, 0.3) is 0 Å². The summed E-state index contributed by atoms with van der Waals surface area (Å²) in [7, 11) is 3.35. The fraction of sp³-hybridized carbons (Fsp3) is 1.00. The Morgan fingerprint density at radius 1 is 0.390 bits per heavy atom. The smallest absolute Gasteiger partial charge is 0.0701 e. The molecule has 0 rings (SSSR count). The first-order valence-electron chi connectivity index (χ1n) is 16.1. The minimum absolute atomic E-state index is 0.186. The molecule has 0 aromatic carbocycles. The van der Waals surface area contributed by atoms with Crippen LogP contribution >= 0.6 is 0 Å². The third kappa shape index (κ3) is 24.8. The van der Waals surface area contributed by atoms with Gasteiger partial charge in [-0.05, 0) is 49.4 Å². The van der Waals surface area contributed by atoms with Crippen molar-refractivity contribution in [2.75, 3.05) is 93.5 Å². The van der Waals surface area contributed by atoms with Crippen molar-refractivity contribution >= 4 is 0 Å². The second kappa shape index (κ2) is 26.1. The van der Waals surface area contributed by atoms with Crippen molar-refractivity contribution in [1.29, 1.82) is 0 Å². The molecule has 0 aromatic heterocycles. The molecule has 0 heterocycles. The van der Waals surface area contributed by atoms with Crippen molar-refractivity contribution < 1.29 is 37.9 Å². The van der Waals surface area contributed by atoms with Gasteiger partial charge in [0.15, 0.2) is 0 Å². The van der Waals surface area contributed by atoms with E-state index < -0.39 is 5.41 Å². The zero-order valence-corrected chi connectivity index (χ0v) is 28.5. The maximum absolute atomic E-state index is 6.71. The molecule has 0 amide bonds. The Morgan fingerprint density at radius 2 is 0.683 bits per heavy atom. The number of methoxy groups -OCH3 is 2. The number of hydrogen-bond acceptors (Lipinski definition) is 8. The van der Waals surface area contributed by atoms with Crippen LogP contribution in [0.25, 0.3) is 0 Å². The number of ether oxygens (including phenoxy) is 8. The third-order valence-electron chi connectivity index (χ3n) is 6.61. The lowest BCUT2D eigenvalue weighted by Gasteiger charge is -2.36. The standard InChI is InChI=1S/C33H68O8/c1-27(2)19-31(20-28(3)4)40-25-33(23-38-17-15-36-13-11-34-9,24-39-18-16-37-14-12-35-10)26-41-32(21-29(5)6)22-30(7)8/h27-32H,11-26H2,1-10H3. The second-order valence-corrected chi connectivity index (χ2v) is 13.2. The Kier molecular flexibility index (Phi) is 25.9. The van der Waals surface area contributed by atoms with E-state index >= 15 is 0 Å². The summed E-state index contributed by atoms with van der Waals surface area (Å²) in [6.45, 7) is 24.3. The topological polar surface area (TPSA) is 73.8 Å². The molecule has 0 aliphatic heterocycles. The molecular weight excluding hydrogens is 524 g/mol. The fourth-order valence-electron chi connectivity index (χ4n) is 4.71. The maximum Gasteiger partial charge on any atom is 0.0701 e. The van der Waals surface area contributed by atoms with Gasteiger partial charge in [0.05, 0.1) is 96.9 Å². The molecule has 0 atom stereocenters. The van der Waals surface area contributed by atoms with Gasteiger partial charge < -0.3 is 37.9 Å². The van der Waals surface area contributed by atoms with E-state index in [0.717, 1.165) is 25.7 Å². The SMILES string of the molecule is COCCOCCOCC(COCCOCCOC)(COC(CC(C)C)CC(C)C)COC(CC(C)C)CC(C)C. The maximum atomic E-state index is 6.71. The third-order valence-corrected chi connectivity index (χ3v) is 6.61. The van der Waals surface area contributed by atoms with E-state index in [-0.39, 0.29) is 12.2 Å². The van der Waals surface area contributed by atoms with Gasteiger partial charge in [0.1, 0.15) is 0 Å². The normalized spacial score (nSPS) is 12.9. The lowest BCUT2D eigenvalue weighted by Crippen LogP contribution is -2.44. The molecular formula is C33H68O8. The van der Waals surface area contributed by atoms with Crippen LogP contribution < -0.4 is 0 Å². The van der Waals surface area contributed by atoms with Crippen molar-refractivity contribution in [3.63, 3.8) is 0 Å². The van der Waals surface area contributed by atoms with Gasteiger partial charge in [-0.1, -0.05) is 55.4 Å². The number of rotatable bonds is 30. The summed E-state index contributed by atoms with van der Waals surface area (Å²) in [6, 6.07) is 0. The number of hydrogen-bond donors (Lipinski definition) is 0. The van der Waals surface area contributed by atoms with Crippen LogP contribution in [-0.2, 0) is 37.9 Å². The highest BCUT2D eigenvalue weighted by Crippen LogP contribution is 2.27. The first-order valence-corrected chi connectivity index (χ1v) is 16.1. The minimum Gasteiger partial charge on any atom is -0.382 e. The van der Waals surface area contributed by atoms with Crippen molar-refractivity contribution in [3.05, 3.63) is 0 Å². The van der Waals surface area contributed by atoms with E-state index in [1.165, 1.54) is 0 Å². The Morgan fingerprint density at radius 3 is 0.976 bits per heavy atom. The molecule has 8 nitrogen and oxygen atoms in total. The van der Waals surface area contributed by atoms with Crippen LogP contribution in [0.15, 0.2) is 0 Å². The van der Waals surface area contributed by atoms with Crippen molar-refractivity contribution in [1.82, 2.24) is 0 Å². The lowest BCUT2D eigenvalue weighted by molar-refractivity contribution is -0.142. The molecule has 0 fully saturated rings. The van der Waals surface area contributed by atoms with Gasteiger partial charge >= 0.3 is 0 Å². The van der Waals surface area contributed by atoms with Crippen LogP contribution in [0.2, 0.25) is 0 Å². The molecule has 0 bridgehead atoms. The van der Waals surface area contributed by atoms with Crippen LogP contribution in [0.1, 0.15) is 81.1 Å². The molecule has 0 saturated carbocycles. The highest BCUT2D eigenvalue weighted by Gasteiger charge is 2.35. The van der Waals surface area contributed by atoms with Crippen LogP contribution in [0.3, 0.4) is 0 Å². The first-order chi connectivity index (χ1) is 19.5. The van der Waals surface area contributed by atoms with E-state index in [4.69, 9.17) is 37.9 Å². The highest BCUT2D eigenvalue weighted by molar-refractivity contribution is 4.82. The molecule has 0 aromatic rings. The summed E-state index contributed by atoms with van der Waals surface area (Å²) in [5, 5.41) is 0. The van der Waals surface area contributed by atoms with Gasteiger partial charge in [0.2, 0.25) is 0 Å². The average Bonchev–Trinajstić information content (AvgIpc) is 2.88. The first kappa shape index (κ1) is 40.7. The van der Waals surface area contributed by atoms with Gasteiger partial charge in [-0.2, -0.15) is 0 Å². The Balaban J connectivity index is 5.68. The van der Waals surface area contributed by atoms with Crippen molar-refractivity contribution in [3.8, 4) is 0 Å². The molecule has 0 radical (unpaired) electrons. The predicted molar refractivity (Wildman–Crippen MR) is 167 cm³/mol. The van der Waals surface area contributed by atoms with Gasteiger partial charge in [-0.15, -0.1) is 0 Å². The quantitative estimate of drug-likeness (QED) is 0.0902. The largest absolute Gasteiger partial charge is 0.382 e.